The number of ketones is 1. The van der Waals surface area contributed by atoms with Crippen molar-refractivity contribution in [2.45, 2.75) is 71.2 Å². The summed E-state index contributed by atoms with van der Waals surface area (Å²) in [5, 5.41) is -0.442. The number of aryl methyl sites for hydroxylation is 1. The lowest BCUT2D eigenvalue weighted by Crippen LogP contribution is -2.12. The smallest absolute Gasteiger partial charge is 0.182 e. The van der Waals surface area contributed by atoms with Gasteiger partial charge < -0.3 is 4.57 Å². The molecule has 2 nitrogen and oxygen atoms in total. The zero-order valence-corrected chi connectivity index (χ0v) is 13.7. The van der Waals surface area contributed by atoms with Gasteiger partial charge in [-0.1, -0.05) is 25.7 Å². The minimum Gasteiger partial charge on any atom is -0.348 e. The maximum atomic E-state index is 12.1. The Kier molecular flexibility index (Phi) is 5.31. The normalized spacial score (nSPS) is 17.6. The first-order valence-corrected chi connectivity index (χ1v) is 8.29. The van der Waals surface area contributed by atoms with Crippen LogP contribution in [0.2, 0.25) is 0 Å². The standard InChI is InChI=1S/C17H26ClNO/c1-12-11-16(17(20)13(2)18)14(3)19(12)10-6-9-15-7-4-5-8-15/h11,13,15H,4-10H2,1-3H3. The third-order valence-corrected chi connectivity index (χ3v) is 4.87. The van der Waals surface area contributed by atoms with Crippen molar-refractivity contribution in [3.8, 4) is 0 Å². The van der Waals surface area contributed by atoms with Crippen LogP contribution < -0.4 is 0 Å². The van der Waals surface area contributed by atoms with Crippen LogP contribution in [-0.2, 0) is 6.54 Å². The van der Waals surface area contributed by atoms with Gasteiger partial charge >= 0.3 is 0 Å². The summed E-state index contributed by atoms with van der Waals surface area (Å²) in [5.74, 6) is 0.983. The van der Waals surface area contributed by atoms with Crippen molar-refractivity contribution in [2.75, 3.05) is 0 Å². The molecule has 1 heterocycles. The Morgan fingerprint density at radius 3 is 2.65 bits per heavy atom. The molecule has 0 radical (unpaired) electrons. The highest BCUT2D eigenvalue weighted by Gasteiger charge is 2.19. The molecule has 1 fully saturated rings. The summed E-state index contributed by atoms with van der Waals surface area (Å²) in [4.78, 5) is 12.1. The average molecular weight is 296 g/mol. The highest BCUT2D eigenvalue weighted by molar-refractivity contribution is 6.33. The van der Waals surface area contributed by atoms with E-state index in [9.17, 15) is 4.79 Å². The largest absolute Gasteiger partial charge is 0.348 e. The van der Waals surface area contributed by atoms with Gasteiger partial charge in [-0.05, 0) is 45.6 Å². The number of halogens is 1. The maximum absolute atomic E-state index is 12.1. The summed E-state index contributed by atoms with van der Waals surface area (Å²) >= 11 is 5.93. The first-order valence-electron chi connectivity index (χ1n) is 7.85. The zero-order valence-electron chi connectivity index (χ0n) is 12.9. The van der Waals surface area contributed by atoms with Crippen LogP contribution in [-0.4, -0.2) is 15.7 Å². The fourth-order valence-electron chi connectivity index (χ4n) is 3.45. The molecule has 1 aromatic rings. The maximum Gasteiger partial charge on any atom is 0.182 e. The molecule has 3 heteroatoms. The summed E-state index contributed by atoms with van der Waals surface area (Å²) in [6.45, 7) is 6.89. The highest BCUT2D eigenvalue weighted by Crippen LogP contribution is 2.29. The SMILES string of the molecule is Cc1cc(C(=O)C(C)Cl)c(C)n1CCCC1CCCC1. The van der Waals surface area contributed by atoms with E-state index in [1.165, 1.54) is 44.2 Å². The van der Waals surface area contributed by atoms with Crippen LogP contribution in [0.4, 0.5) is 0 Å². The molecule has 0 aromatic carbocycles. The second-order valence-corrected chi connectivity index (χ2v) is 6.86. The number of carbonyl (C=O) groups excluding carboxylic acids is 1. The van der Waals surface area contributed by atoms with Crippen LogP contribution >= 0.6 is 11.6 Å². The fourth-order valence-corrected chi connectivity index (χ4v) is 3.56. The Balaban J connectivity index is 1.98. The van der Waals surface area contributed by atoms with Crippen LogP contribution in [0.5, 0.6) is 0 Å². The van der Waals surface area contributed by atoms with E-state index >= 15 is 0 Å². The lowest BCUT2D eigenvalue weighted by atomic mass is 10.0. The highest BCUT2D eigenvalue weighted by atomic mass is 35.5. The Bertz CT molecular complexity index is 470. The van der Waals surface area contributed by atoms with Crippen molar-refractivity contribution >= 4 is 17.4 Å². The van der Waals surface area contributed by atoms with E-state index < -0.39 is 5.38 Å². The lowest BCUT2D eigenvalue weighted by molar-refractivity contribution is 0.0991. The number of hydrogen-bond acceptors (Lipinski definition) is 1. The van der Waals surface area contributed by atoms with E-state index in [0.29, 0.717) is 0 Å². The Hall–Kier alpha value is -0.760. The Morgan fingerprint density at radius 1 is 1.40 bits per heavy atom. The van der Waals surface area contributed by atoms with Gasteiger partial charge in [0.2, 0.25) is 0 Å². The lowest BCUT2D eigenvalue weighted by Gasteiger charge is -2.12. The van der Waals surface area contributed by atoms with Crippen LogP contribution in [0.3, 0.4) is 0 Å². The summed E-state index contributed by atoms with van der Waals surface area (Å²) in [6, 6.07) is 1.99. The molecule has 0 spiro atoms. The van der Waals surface area contributed by atoms with Crippen molar-refractivity contribution in [1.82, 2.24) is 4.57 Å². The van der Waals surface area contributed by atoms with Crippen LogP contribution in [0.15, 0.2) is 6.07 Å². The number of carbonyl (C=O) groups is 1. The van der Waals surface area contributed by atoms with Crippen molar-refractivity contribution in [1.29, 1.82) is 0 Å². The number of aromatic nitrogens is 1. The zero-order chi connectivity index (χ0) is 14.7. The van der Waals surface area contributed by atoms with E-state index in [-0.39, 0.29) is 5.78 Å². The third-order valence-electron chi connectivity index (χ3n) is 4.67. The summed E-state index contributed by atoms with van der Waals surface area (Å²) in [5.41, 5.74) is 3.05. The minimum absolute atomic E-state index is 0.0433. The number of nitrogens with zero attached hydrogens (tertiary/aromatic N) is 1. The molecule has 0 amide bonds. The van der Waals surface area contributed by atoms with Gasteiger partial charge in [-0.25, -0.2) is 0 Å². The van der Waals surface area contributed by atoms with E-state index in [2.05, 4.69) is 11.5 Å². The molecule has 2 rings (SSSR count). The Labute approximate surface area is 127 Å². The van der Waals surface area contributed by atoms with E-state index in [0.717, 1.165) is 23.7 Å². The summed E-state index contributed by atoms with van der Waals surface area (Å²) in [7, 11) is 0. The van der Waals surface area contributed by atoms with Gasteiger partial charge in [-0.2, -0.15) is 0 Å². The molecule has 1 atom stereocenters. The molecular weight excluding hydrogens is 270 g/mol. The number of alkyl halides is 1. The first-order chi connectivity index (χ1) is 9.50. The molecule has 1 aromatic heterocycles. The topological polar surface area (TPSA) is 22.0 Å². The van der Waals surface area contributed by atoms with Gasteiger partial charge in [-0.3, -0.25) is 4.79 Å². The molecule has 1 unspecified atom stereocenters. The summed E-state index contributed by atoms with van der Waals surface area (Å²) < 4.78 is 2.28. The predicted octanol–water partition coefficient (Wildman–Crippen LogP) is 4.89. The first kappa shape index (κ1) is 15.6. The van der Waals surface area contributed by atoms with Gasteiger partial charge in [0.15, 0.2) is 5.78 Å². The number of hydrogen-bond donors (Lipinski definition) is 0. The van der Waals surface area contributed by atoms with Crippen molar-refractivity contribution in [2.24, 2.45) is 5.92 Å². The van der Waals surface area contributed by atoms with Gasteiger partial charge in [0.1, 0.15) is 0 Å². The predicted molar refractivity (Wildman–Crippen MR) is 84.7 cm³/mol. The molecule has 20 heavy (non-hydrogen) atoms. The van der Waals surface area contributed by atoms with Crippen LogP contribution in [0.1, 0.15) is 67.2 Å². The second kappa shape index (κ2) is 6.80. The van der Waals surface area contributed by atoms with E-state index in [4.69, 9.17) is 11.6 Å². The number of Topliss-reactive ketones (excluding diaryl/α,β-unsaturated/α-hetero) is 1. The van der Waals surface area contributed by atoms with Crippen molar-refractivity contribution in [3.63, 3.8) is 0 Å². The summed E-state index contributed by atoms with van der Waals surface area (Å²) in [6.07, 6.45) is 8.20. The molecule has 1 saturated carbocycles. The van der Waals surface area contributed by atoms with Gasteiger partial charge in [0.25, 0.3) is 0 Å². The minimum atomic E-state index is -0.442. The van der Waals surface area contributed by atoms with Crippen molar-refractivity contribution in [3.05, 3.63) is 23.0 Å². The molecule has 1 aliphatic rings. The van der Waals surface area contributed by atoms with Gasteiger partial charge in [-0.15, -0.1) is 11.6 Å². The molecular formula is C17H26ClNO. The average Bonchev–Trinajstić information content (AvgIpc) is 3.00. The fraction of sp³-hybridized carbons (Fsp3) is 0.706. The van der Waals surface area contributed by atoms with E-state index in [1.54, 1.807) is 6.92 Å². The molecule has 0 N–H and O–H groups in total. The quantitative estimate of drug-likeness (QED) is 0.541. The molecule has 112 valence electrons. The van der Waals surface area contributed by atoms with E-state index in [1.807, 2.05) is 13.0 Å². The van der Waals surface area contributed by atoms with Gasteiger partial charge in [0.05, 0.1) is 5.38 Å². The molecule has 0 bridgehead atoms. The third kappa shape index (κ3) is 3.46. The molecule has 1 aliphatic carbocycles. The van der Waals surface area contributed by atoms with Crippen LogP contribution in [0.25, 0.3) is 0 Å². The monoisotopic (exact) mass is 295 g/mol. The van der Waals surface area contributed by atoms with Crippen LogP contribution in [0, 0.1) is 19.8 Å². The Morgan fingerprint density at radius 2 is 2.05 bits per heavy atom. The second-order valence-electron chi connectivity index (χ2n) is 6.21. The van der Waals surface area contributed by atoms with Gasteiger partial charge in [0, 0.05) is 23.5 Å². The molecule has 0 saturated heterocycles. The van der Waals surface area contributed by atoms with Crippen molar-refractivity contribution < 1.29 is 4.79 Å². The molecule has 0 aliphatic heterocycles. The number of rotatable bonds is 6.